The van der Waals surface area contributed by atoms with Gasteiger partial charge in [-0.05, 0) is 22.3 Å². The van der Waals surface area contributed by atoms with Crippen molar-refractivity contribution in [3.05, 3.63) is 34.7 Å². The molecule has 0 aromatic heterocycles. The molecular formula is C13H18. The lowest BCUT2D eigenvalue weighted by atomic mass is 9.90. The van der Waals surface area contributed by atoms with Crippen molar-refractivity contribution in [3.8, 4) is 0 Å². The van der Waals surface area contributed by atoms with Crippen LogP contribution in [0.25, 0.3) is 12.2 Å². The van der Waals surface area contributed by atoms with Gasteiger partial charge in [-0.15, -0.1) is 0 Å². The van der Waals surface area contributed by atoms with E-state index in [1.807, 2.05) is 0 Å². The van der Waals surface area contributed by atoms with Crippen LogP contribution in [0.15, 0.2) is 24.3 Å². The molecule has 0 heteroatoms. The summed E-state index contributed by atoms with van der Waals surface area (Å²) in [4.78, 5) is 0. The maximum absolute atomic E-state index is 2.36. The number of rotatable bonds is 0. The van der Waals surface area contributed by atoms with Crippen molar-refractivity contribution in [2.45, 2.75) is 21.3 Å². The Balaban J connectivity index is 0.000000845. The molecule has 1 aliphatic rings. The Labute approximate surface area is 80.6 Å². The van der Waals surface area contributed by atoms with Crippen LogP contribution in [0.3, 0.4) is 0 Å². The molecule has 0 saturated carbocycles. The standard InChI is InChI=1S/C12H14.CH4/c1-9-7-11-5-3-4-6-12(11)8-10(9)2;/h3-10H,1-2H3;1H4. The van der Waals surface area contributed by atoms with Gasteiger partial charge in [0, 0.05) is 0 Å². The van der Waals surface area contributed by atoms with Gasteiger partial charge < -0.3 is 0 Å². The fourth-order valence-corrected chi connectivity index (χ4v) is 1.68. The van der Waals surface area contributed by atoms with Crippen LogP contribution in [0.2, 0.25) is 0 Å². The quantitative estimate of drug-likeness (QED) is 0.565. The largest absolute Gasteiger partial charge is 0.0776 e. The molecule has 0 spiro atoms. The monoisotopic (exact) mass is 174 g/mol. The average Bonchev–Trinajstić information content (AvgIpc) is 2.07. The van der Waals surface area contributed by atoms with Crippen LogP contribution in [0.1, 0.15) is 21.3 Å². The summed E-state index contributed by atoms with van der Waals surface area (Å²) in [6.07, 6.45) is 4.72. The fourth-order valence-electron chi connectivity index (χ4n) is 1.68. The van der Waals surface area contributed by atoms with E-state index >= 15 is 0 Å². The van der Waals surface area contributed by atoms with Crippen molar-refractivity contribution in [2.75, 3.05) is 0 Å². The zero-order valence-electron chi connectivity index (χ0n) is 7.62. The first kappa shape index (κ1) is 10.0. The Morgan fingerprint density at radius 3 is 1.62 bits per heavy atom. The van der Waals surface area contributed by atoms with Crippen molar-refractivity contribution in [1.29, 1.82) is 0 Å². The first-order valence-electron chi connectivity index (χ1n) is 4.56. The summed E-state index contributed by atoms with van der Waals surface area (Å²) in [5.74, 6) is 1.36. The molecule has 0 bridgehead atoms. The fraction of sp³-hybridized carbons (Fsp3) is 0.385. The van der Waals surface area contributed by atoms with Gasteiger partial charge in [0.1, 0.15) is 0 Å². The number of fused-ring (bicyclic) bond motifs is 1. The molecule has 0 saturated heterocycles. The molecule has 0 amide bonds. The van der Waals surface area contributed by atoms with Gasteiger partial charge in [-0.25, -0.2) is 0 Å². The van der Waals surface area contributed by atoms with Crippen LogP contribution in [0.4, 0.5) is 0 Å². The SMILES string of the molecule is C.CC1C=c2ccccc2=CC1C. The van der Waals surface area contributed by atoms with E-state index in [0.29, 0.717) is 11.8 Å². The summed E-state index contributed by atoms with van der Waals surface area (Å²) >= 11 is 0. The molecule has 0 radical (unpaired) electrons. The summed E-state index contributed by atoms with van der Waals surface area (Å²) in [6, 6.07) is 8.58. The molecule has 1 aliphatic carbocycles. The third-order valence-corrected chi connectivity index (χ3v) is 2.71. The third kappa shape index (κ3) is 1.82. The Kier molecular flexibility index (Phi) is 2.92. The van der Waals surface area contributed by atoms with Gasteiger partial charge in [0.25, 0.3) is 0 Å². The predicted octanol–water partition coefficient (Wildman–Crippen LogP) is 2.17. The van der Waals surface area contributed by atoms with Gasteiger partial charge in [-0.3, -0.25) is 0 Å². The van der Waals surface area contributed by atoms with Gasteiger partial charge in [-0.1, -0.05) is 57.7 Å². The van der Waals surface area contributed by atoms with E-state index in [-0.39, 0.29) is 7.43 Å². The zero-order valence-corrected chi connectivity index (χ0v) is 7.62. The van der Waals surface area contributed by atoms with E-state index in [1.54, 1.807) is 0 Å². The van der Waals surface area contributed by atoms with E-state index in [0.717, 1.165) is 0 Å². The van der Waals surface area contributed by atoms with Crippen molar-refractivity contribution < 1.29 is 0 Å². The Morgan fingerprint density at radius 2 is 1.23 bits per heavy atom. The normalized spacial score (nSPS) is 24.8. The maximum Gasteiger partial charge on any atom is -0.0192 e. The second-order valence-corrected chi connectivity index (χ2v) is 3.68. The summed E-state index contributed by atoms with van der Waals surface area (Å²) in [5, 5.41) is 2.78. The van der Waals surface area contributed by atoms with Crippen LogP contribution in [0.5, 0.6) is 0 Å². The molecule has 0 fully saturated rings. The van der Waals surface area contributed by atoms with Crippen molar-refractivity contribution in [1.82, 2.24) is 0 Å². The highest BCUT2D eigenvalue weighted by Gasteiger charge is 2.09. The van der Waals surface area contributed by atoms with Gasteiger partial charge in [-0.2, -0.15) is 0 Å². The lowest BCUT2D eigenvalue weighted by Gasteiger charge is -2.15. The van der Waals surface area contributed by atoms with Crippen molar-refractivity contribution in [2.24, 2.45) is 11.8 Å². The molecule has 0 N–H and O–H groups in total. The summed E-state index contributed by atoms with van der Waals surface area (Å²) in [6.45, 7) is 4.55. The van der Waals surface area contributed by atoms with Crippen LogP contribution in [-0.2, 0) is 0 Å². The summed E-state index contributed by atoms with van der Waals surface area (Å²) < 4.78 is 0. The minimum absolute atomic E-state index is 0. The highest BCUT2D eigenvalue weighted by atomic mass is 14.1. The molecule has 2 rings (SSSR count). The molecule has 0 heterocycles. The molecule has 1 aromatic rings. The minimum atomic E-state index is 0. The Morgan fingerprint density at radius 1 is 0.846 bits per heavy atom. The molecule has 0 nitrogen and oxygen atoms in total. The van der Waals surface area contributed by atoms with Gasteiger partial charge in [0.2, 0.25) is 0 Å². The lowest BCUT2D eigenvalue weighted by Crippen LogP contribution is -2.30. The topological polar surface area (TPSA) is 0 Å². The molecular weight excluding hydrogens is 156 g/mol. The lowest BCUT2D eigenvalue weighted by molar-refractivity contribution is 0.608. The molecule has 70 valence electrons. The van der Waals surface area contributed by atoms with E-state index in [1.165, 1.54) is 10.4 Å². The van der Waals surface area contributed by atoms with Gasteiger partial charge in [0.05, 0.1) is 0 Å². The maximum atomic E-state index is 2.36. The summed E-state index contributed by atoms with van der Waals surface area (Å²) in [5.41, 5.74) is 0. The second-order valence-electron chi connectivity index (χ2n) is 3.68. The van der Waals surface area contributed by atoms with E-state index in [9.17, 15) is 0 Å². The average molecular weight is 174 g/mol. The first-order chi connectivity index (χ1) is 5.77. The van der Waals surface area contributed by atoms with Gasteiger partial charge in [0.15, 0.2) is 0 Å². The van der Waals surface area contributed by atoms with Crippen molar-refractivity contribution >= 4 is 12.2 Å². The van der Waals surface area contributed by atoms with Crippen LogP contribution in [0, 0.1) is 11.8 Å². The predicted molar refractivity (Wildman–Crippen MR) is 59.7 cm³/mol. The Hall–Kier alpha value is -1.04. The minimum Gasteiger partial charge on any atom is -0.0776 e. The first-order valence-corrected chi connectivity index (χ1v) is 4.56. The number of hydrogen-bond acceptors (Lipinski definition) is 0. The van der Waals surface area contributed by atoms with Crippen LogP contribution in [-0.4, -0.2) is 0 Å². The highest BCUT2D eigenvalue weighted by molar-refractivity contribution is 5.41. The van der Waals surface area contributed by atoms with Gasteiger partial charge >= 0.3 is 0 Å². The number of hydrogen-bond donors (Lipinski definition) is 0. The highest BCUT2D eigenvalue weighted by Crippen LogP contribution is 2.14. The molecule has 13 heavy (non-hydrogen) atoms. The van der Waals surface area contributed by atoms with Crippen molar-refractivity contribution in [3.63, 3.8) is 0 Å². The third-order valence-electron chi connectivity index (χ3n) is 2.71. The molecule has 1 aromatic carbocycles. The molecule has 2 unspecified atom stereocenters. The molecule has 2 atom stereocenters. The van der Waals surface area contributed by atoms with Crippen LogP contribution >= 0.6 is 0 Å². The zero-order chi connectivity index (χ0) is 8.55. The van der Waals surface area contributed by atoms with E-state index < -0.39 is 0 Å². The van der Waals surface area contributed by atoms with E-state index in [2.05, 4.69) is 50.3 Å². The van der Waals surface area contributed by atoms with Crippen LogP contribution < -0.4 is 10.4 Å². The second kappa shape index (κ2) is 3.78. The Bertz CT molecular complexity index is 348. The summed E-state index contributed by atoms with van der Waals surface area (Å²) in [7, 11) is 0. The molecule has 0 aliphatic heterocycles. The smallest absolute Gasteiger partial charge is 0.0192 e. The van der Waals surface area contributed by atoms with E-state index in [4.69, 9.17) is 0 Å². The number of benzene rings is 1.